The lowest BCUT2D eigenvalue weighted by Crippen LogP contribution is -2.00. The first-order chi connectivity index (χ1) is 14.2. The van der Waals surface area contributed by atoms with Crippen molar-refractivity contribution in [3.8, 4) is 22.8 Å². The number of ether oxygens (including phenoxy) is 1. The molecule has 0 aliphatic heterocycles. The van der Waals surface area contributed by atoms with Gasteiger partial charge < -0.3 is 4.74 Å². The largest absolute Gasteiger partial charge is 0.494 e. The van der Waals surface area contributed by atoms with Crippen molar-refractivity contribution in [2.24, 2.45) is 0 Å². The van der Waals surface area contributed by atoms with Gasteiger partial charge in [-0.25, -0.2) is 0 Å². The Kier molecular flexibility index (Phi) is 5.96. The molecule has 0 aliphatic carbocycles. The molecule has 146 valence electrons. The van der Waals surface area contributed by atoms with Gasteiger partial charge in [-0.2, -0.15) is 0 Å². The highest BCUT2D eigenvalue weighted by Crippen LogP contribution is 2.30. The second-order valence-electron chi connectivity index (χ2n) is 6.71. The molecule has 0 N–H and O–H groups in total. The second-order valence-corrected chi connectivity index (χ2v) is 7.65. The van der Waals surface area contributed by atoms with Crippen LogP contribution in [0.5, 0.6) is 5.75 Å². The Bertz CT molecular complexity index is 1060. The number of rotatable bonds is 7. The topological polar surface area (TPSA) is 39.9 Å². The molecule has 4 rings (SSSR count). The van der Waals surface area contributed by atoms with Crippen LogP contribution in [0.15, 0.2) is 84.0 Å². The zero-order valence-corrected chi connectivity index (χ0v) is 17.4. The molecule has 0 atom stereocenters. The quantitative estimate of drug-likeness (QED) is 0.360. The number of nitrogens with zero attached hydrogens (tertiary/aromatic N) is 3. The summed E-state index contributed by atoms with van der Waals surface area (Å²) in [6, 6.07) is 26.9. The van der Waals surface area contributed by atoms with Gasteiger partial charge in [0.25, 0.3) is 0 Å². The first kappa shape index (κ1) is 19.3. The fourth-order valence-corrected chi connectivity index (χ4v) is 3.97. The lowest BCUT2D eigenvalue weighted by atomic mass is 10.2. The molecular formula is C24H23N3OS. The van der Waals surface area contributed by atoms with E-state index in [0.29, 0.717) is 6.61 Å². The summed E-state index contributed by atoms with van der Waals surface area (Å²) in [4.78, 5) is 0. The van der Waals surface area contributed by atoms with Crippen molar-refractivity contribution in [2.75, 3.05) is 6.61 Å². The maximum Gasteiger partial charge on any atom is 0.196 e. The Balaban J connectivity index is 1.69. The average Bonchev–Trinajstić information content (AvgIpc) is 3.19. The van der Waals surface area contributed by atoms with Gasteiger partial charge in [0.1, 0.15) is 5.75 Å². The third kappa shape index (κ3) is 4.51. The van der Waals surface area contributed by atoms with E-state index in [1.165, 1.54) is 11.1 Å². The molecule has 0 spiro atoms. The first-order valence-electron chi connectivity index (χ1n) is 9.67. The van der Waals surface area contributed by atoms with Gasteiger partial charge >= 0.3 is 0 Å². The Labute approximate surface area is 175 Å². The smallest absolute Gasteiger partial charge is 0.196 e. The van der Waals surface area contributed by atoms with Crippen LogP contribution in [0.4, 0.5) is 0 Å². The maximum atomic E-state index is 5.59. The van der Waals surface area contributed by atoms with E-state index in [-0.39, 0.29) is 0 Å². The molecular weight excluding hydrogens is 378 g/mol. The van der Waals surface area contributed by atoms with Gasteiger partial charge in [0.2, 0.25) is 0 Å². The van der Waals surface area contributed by atoms with E-state index in [9.17, 15) is 0 Å². The van der Waals surface area contributed by atoms with Crippen LogP contribution in [0.25, 0.3) is 17.1 Å². The van der Waals surface area contributed by atoms with Crippen LogP contribution in [0.2, 0.25) is 0 Å². The summed E-state index contributed by atoms with van der Waals surface area (Å²) in [5.74, 6) is 2.53. The van der Waals surface area contributed by atoms with E-state index in [4.69, 9.17) is 4.74 Å². The fourth-order valence-electron chi connectivity index (χ4n) is 3.06. The highest BCUT2D eigenvalue weighted by Gasteiger charge is 2.16. The Hall–Kier alpha value is -3.05. The molecule has 0 unspecified atom stereocenters. The molecule has 0 radical (unpaired) electrons. The summed E-state index contributed by atoms with van der Waals surface area (Å²) in [7, 11) is 0. The zero-order valence-electron chi connectivity index (χ0n) is 16.6. The molecule has 3 aromatic carbocycles. The number of aryl methyl sites for hydroxylation is 1. The number of hydrogen-bond donors (Lipinski definition) is 0. The summed E-state index contributed by atoms with van der Waals surface area (Å²) in [5, 5.41) is 9.88. The fraction of sp³-hybridized carbons (Fsp3) is 0.167. The molecule has 1 heterocycles. The van der Waals surface area contributed by atoms with Crippen molar-refractivity contribution in [2.45, 2.75) is 24.8 Å². The maximum absolute atomic E-state index is 5.59. The highest BCUT2D eigenvalue weighted by molar-refractivity contribution is 7.98. The second kappa shape index (κ2) is 8.97. The van der Waals surface area contributed by atoms with Crippen LogP contribution >= 0.6 is 11.8 Å². The minimum absolute atomic E-state index is 0.652. The van der Waals surface area contributed by atoms with Gasteiger partial charge in [-0.05, 0) is 43.7 Å². The number of aromatic nitrogens is 3. The van der Waals surface area contributed by atoms with Crippen LogP contribution in [0, 0.1) is 6.92 Å². The van der Waals surface area contributed by atoms with E-state index in [2.05, 4.69) is 70.2 Å². The van der Waals surface area contributed by atoms with Gasteiger partial charge in [0.15, 0.2) is 11.0 Å². The molecule has 1 aromatic heterocycles. The van der Waals surface area contributed by atoms with E-state index in [1.807, 2.05) is 37.3 Å². The van der Waals surface area contributed by atoms with Gasteiger partial charge in [-0.3, -0.25) is 4.57 Å². The predicted octanol–water partition coefficient (Wildman–Crippen LogP) is 5.93. The molecule has 4 aromatic rings. The molecule has 0 bridgehead atoms. The third-order valence-corrected chi connectivity index (χ3v) is 5.56. The van der Waals surface area contributed by atoms with Crippen LogP contribution in [-0.2, 0) is 5.75 Å². The van der Waals surface area contributed by atoms with Gasteiger partial charge in [0, 0.05) is 17.0 Å². The molecule has 4 nitrogen and oxygen atoms in total. The molecule has 5 heteroatoms. The number of benzene rings is 3. The van der Waals surface area contributed by atoms with Crippen molar-refractivity contribution >= 4 is 11.8 Å². The Morgan fingerprint density at radius 1 is 0.862 bits per heavy atom. The highest BCUT2D eigenvalue weighted by atomic mass is 32.2. The minimum atomic E-state index is 0.652. The molecule has 29 heavy (non-hydrogen) atoms. The molecule has 0 amide bonds. The SMILES string of the molecule is CCOc1ccc(-n2c(SCc3ccc(C)cc3)nnc2-c2ccccc2)cc1. The van der Waals surface area contributed by atoms with Crippen molar-refractivity contribution in [1.29, 1.82) is 0 Å². The summed E-state index contributed by atoms with van der Waals surface area (Å²) in [6.45, 7) is 4.74. The van der Waals surface area contributed by atoms with E-state index >= 15 is 0 Å². The third-order valence-electron chi connectivity index (χ3n) is 4.56. The standard InChI is InChI=1S/C24H23N3OS/c1-3-28-22-15-13-21(14-16-22)27-23(20-7-5-4-6-8-20)25-26-24(27)29-17-19-11-9-18(2)10-12-19/h4-16H,3,17H2,1-2H3. The molecule has 0 saturated carbocycles. The molecule has 0 aliphatic rings. The van der Waals surface area contributed by atoms with Gasteiger partial charge in [0.05, 0.1) is 6.61 Å². The van der Waals surface area contributed by atoms with Crippen molar-refractivity contribution < 1.29 is 4.74 Å². The first-order valence-corrected chi connectivity index (χ1v) is 10.7. The Morgan fingerprint density at radius 3 is 2.28 bits per heavy atom. The van der Waals surface area contributed by atoms with Crippen molar-refractivity contribution in [3.05, 3.63) is 90.0 Å². The number of thioether (sulfide) groups is 1. The summed E-state index contributed by atoms with van der Waals surface area (Å²) >= 11 is 1.69. The normalized spacial score (nSPS) is 10.8. The van der Waals surface area contributed by atoms with Crippen molar-refractivity contribution in [3.63, 3.8) is 0 Å². The predicted molar refractivity (Wildman–Crippen MR) is 119 cm³/mol. The van der Waals surface area contributed by atoms with Crippen LogP contribution < -0.4 is 4.74 Å². The lowest BCUT2D eigenvalue weighted by Gasteiger charge is -2.11. The van der Waals surface area contributed by atoms with Crippen LogP contribution in [0.1, 0.15) is 18.1 Å². The Morgan fingerprint density at radius 2 is 1.59 bits per heavy atom. The van der Waals surface area contributed by atoms with Crippen LogP contribution in [-0.4, -0.2) is 21.4 Å². The lowest BCUT2D eigenvalue weighted by molar-refractivity contribution is 0.340. The zero-order chi connectivity index (χ0) is 20.1. The van der Waals surface area contributed by atoms with Gasteiger partial charge in [-0.1, -0.05) is 71.9 Å². The number of hydrogen-bond acceptors (Lipinski definition) is 4. The summed E-state index contributed by atoms with van der Waals surface area (Å²) in [5.41, 5.74) is 4.59. The van der Waals surface area contributed by atoms with E-state index < -0.39 is 0 Å². The van der Waals surface area contributed by atoms with E-state index in [1.54, 1.807) is 11.8 Å². The van der Waals surface area contributed by atoms with Gasteiger partial charge in [-0.15, -0.1) is 10.2 Å². The monoisotopic (exact) mass is 401 g/mol. The summed E-state index contributed by atoms with van der Waals surface area (Å²) < 4.78 is 7.71. The van der Waals surface area contributed by atoms with Crippen molar-refractivity contribution in [1.82, 2.24) is 14.8 Å². The average molecular weight is 402 g/mol. The van der Waals surface area contributed by atoms with E-state index in [0.717, 1.165) is 33.7 Å². The molecule has 0 fully saturated rings. The van der Waals surface area contributed by atoms with Crippen LogP contribution in [0.3, 0.4) is 0 Å². The minimum Gasteiger partial charge on any atom is -0.494 e. The summed E-state index contributed by atoms with van der Waals surface area (Å²) in [6.07, 6.45) is 0. The molecule has 0 saturated heterocycles.